The molecule has 0 bridgehead atoms. The summed E-state index contributed by atoms with van der Waals surface area (Å²) >= 11 is 0. The van der Waals surface area contributed by atoms with Crippen LogP contribution in [-0.2, 0) is 27.2 Å². The average molecular weight is 391 g/mol. The molecule has 0 saturated heterocycles. The van der Waals surface area contributed by atoms with Crippen LogP contribution in [0.25, 0.3) is 0 Å². The van der Waals surface area contributed by atoms with Crippen LogP contribution in [-0.4, -0.2) is 56.4 Å². The number of carbonyl (C=O) groups is 2. The number of aliphatic hydroxyl groups excluding tert-OH is 1. The third kappa shape index (κ3) is 6.27. The van der Waals surface area contributed by atoms with Crippen LogP contribution in [0.5, 0.6) is 11.5 Å². The van der Waals surface area contributed by atoms with Crippen LogP contribution in [0.1, 0.15) is 24.6 Å². The highest BCUT2D eigenvalue weighted by molar-refractivity contribution is 5.84. The minimum absolute atomic E-state index is 0.0459. The van der Waals surface area contributed by atoms with Crippen molar-refractivity contribution in [1.82, 2.24) is 15.3 Å². The number of amides is 1. The van der Waals surface area contributed by atoms with Crippen molar-refractivity contribution in [2.45, 2.75) is 32.2 Å². The van der Waals surface area contributed by atoms with Crippen molar-refractivity contribution in [3.8, 4) is 11.5 Å². The van der Waals surface area contributed by atoms with Crippen molar-refractivity contribution < 1.29 is 29.6 Å². The van der Waals surface area contributed by atoms with Crippen LogP contribution in [0.4, 0.5) is 0 Å². The van der Waals surface area contributed by atoms with E-state index in [-0.39, 0.29) is 44.0 Å². The maximum atomic E-state index is 12.4. The second-order valence-corrected chi connectivity index (χ2v) is 6.42. The fraction of sp³-hybridized carbons (Fsp3) is 0.421. The van der Waals surface area contributed by atoms with Gasteiger partial charge >= 0.3 is 5.97 Å². The van der Waals surface area contributed by atoms with Gasteiger partial charge in [-0.1, -0.05) is 6.07 Å². The number of aliphatic hydroxyl groups is 1. The number of ether oxygens (including phenoxy) is 1. The van der Waals surface area contributed by atoms with Crippen LogP contribution in [0, 0.1) is 5.92 Å². The van der Waals surface area contributed by atoms with Gasteiger partial charge < -0.3 is 30.4 Å². The first-order chi connectivity index (χ1) is 13.4. The first-order valence-electron chi connectivity index (χ1n) is 8.97. The first-order valence-corrected chi connectivity index (χ1v) is 8.97. The molecule has 1 unspecified atom stereocenters. The van der Waals surface area contributed by atoms with Crippen molar-refractivity contribution in [2.75, 3.05) is 13.2 Å². The minimum Gasteiger partial charge on any atom is -0.508 e. The topological polar surface area (TPSA) is 145 Å². The molecule has 0 aliphatic carbocycles. The number of rotatable bonds is 10. The zero-order valence-electron chi connectivity index (χ0n) is 15.6. The SMILES string of the molecule is CCOC(=O)[C@H](Cc1cnc[nH]1)NC(=O)CC(CO)Cc1ccc(O)cc1O. The summed E-state index contributed by atoms with van der Waals surface area (Å²) < 4.78 is 5.01. The van der Waals surface area contributed by atoms with Gasteiger partial charge in [0.2, 0.25) is 5.91 Å². The van der Waals surface area contributed by atoms with Crippen LogP contribution in [0.3, 0.4) is 0 Å². The highest BCUT2D eigenvalue weighted by atomic mass is 16.5. The van der Waals surface area contributed by atoms with E-state index in [2.05, 4.69) is 15.3 Å². The maximum Gasteiger partial charge on any atom is 0.329 e. The Morgan fingerprint density at radius 2 is 2.07 bits per heavy atom. The molecule has 1 heterocycles. The third-order valence-corrected chi connectivity index (χ3v) is 4.19. The standard InChI is InChI=1S/C19H25N3O6/c1-2-28-19(27)16(7-14-9-20-11-21-14)22-18(26)6-12(10-23)5-13-3-4-15(24)8-17(13)25/h3-4,8-9,11-12,16,23-25H,2,5-7,10H2,1H3,(H,20,21)(H,22,26)/t12?,16-/m0/s1. The monoisotopic (exact) mass is 391 g/mol. The summed E-state index contributed by atoms with van der Waals surface area (Å²) in [6, 6.07) is 3.27. The number of hydrogen-bond acceptors (Lipinski definition) is 7. The Hall–Kier alpha value is -3.07. The fourth-order valence-electron chi connectivity index (χ4n) is 2.80. The average Bonchev–Trinajstić information content (AvgIpc) is 3.16. The number of imidazole rings is 1. The summed E-state index contributed by atoms with van der Waals surface area (Å²) in [5.41, 5.74) is 1.18. The Balaban J connectivity index is 1.99. The van der Waals surface area contributed by atoms with Crippen molar-refractivity contribution in [3.63, 3.8) is 0 Å². The molecule has 9 nitrogen and oxygen atoms in total. The molecule has 0 radical (unpaired) electrons. The number of phenols is 2. The van der Waals surface area contributed by atoms with E-state index in [1.807, 2.05) is 0 Å². The Bertz CT molecular complexity index is 778. The van der Waals surface area contributed by atoms with E-state index in [1.165, 1.54) is 24.5 Å². The predicted octanol–water partition coefficient (Wildman–Crippen LogP) is 0.653. The Labute approximate surface area is 162 Å². The molecular weight excluding hydrogens is 366 g/mol. The molecule has 2 atom stereocenters. The number of H-pyrrole nitrogens is 1. The minimum atomic E-state index is -0.880. The number of nitrogens with zero attached hydrogens (tertiary/aromatic N) is 1. The van der Waals surface area contributed by atoms with Gasteiger partial charge in [-0.25, -0.2) is 9.78 Å². The zero-order valence-corrected chi connectivity index (χ0v) is 15.6. The van der Waals surface area contributed by atoms with Gasteiger partial charge in [0.1, 0.15) is 17.5 Å². The number of carbonyl (C=O) groups excluding carboxylic acids is 2. The van der Waals surface area contributed by atoms with Gasteiger partial charge in [-0.15, -0.1) is 0 Å². The molecule has 0 aliphatic rings. The highest BCUT2D eigenvalue weighted by Crippen LogP contribution is 2.25. The number of phenolic OH excluding ortho intramolecular Hbond substituents is 2. The van der Waals surface area contributed by atoms with Gasteiger partial charge in [-0.2, -0.15) is 0 Å². The van der Waals surface area contributed by atoms with E-state index in [0.717, 1.165) is 0 Å². The van der Waals surface area contributed by atoms with E-state index in [9.17, 15) is 24.9 Å². The van der Waals surface area contributed by atoms with Crippen molar-refractivity contribution in [2.24, 2.45) is 5.92 Å². The van der Waals surface area contributed by atoms with E-state index < -0.39 is 23.8 Å². The normalized spacial score (nSPS) is 12.9. The summed E-state index contributed by atoms with van der Waals surface area (Å²) in [6.07, 6.45) is 3.43. The second kappa shape index (κ2) is 10.3. The number of aromatic hydroxyl groups is 2. The summed E-state index contributed by atoms with van der Waals surface area (Å²) in [6.45, 7) is 1.59. The molecule has 28 heavy (non-hydrogen) atoms. The largest absolute Gasteiger partial charge is 0.508 e. The van der Waals surface area contributed by atoms with Crippen molar-refractivity contribution in [3.05, 3.63) is 42.0 Å². The van der Waals surface area contributed by atoms with Crippen LogP contribution >= 0.6 is 0 Å². The molecule has 152 valence electrons. The first kappa shape index (κ1) is 21.2. The molecule has 2 rings (SSSR count). The molecule has 0 saturated carbocycles. The van der Waals surface area contributed by atoms with Crippen LogP contribution in [0.2, 0.25) is 0 Å². The van der Waals surface area contributed by atoms with Gasteiger partial charge in [-0.05, 0) is 30.9 Å². The molecule has 1 aromatic heterocycles. The number of aromatic nitrogens is 2. The lowest BCUT2D eigenvalue weighted by atomic mass is 9.95. The van der Waals surface area contributed by atoms with Crippen molar-refractivity contribution in [1.29, 1.82) is 0 Å². The number of aromatic amines is 1. The molecular formula is C19H25N3O6. The Kier molecular flexibility index (Phi) is 7.82. The van der Waals surface area contributed by atoms with E-state index in [1.54, 1.807) is 13.1 Å². The smallest absolute Gasteiger partial charge is 0.329 e. The van der Waals surface area contributed by atoms with Gasteiger partial charge in [0.15, 0.2) is 0 Å². The molecule has 1 amide bonds. The lowest BCUT2D eigenvalue weighted by molar-refractivity contribution is -0.147. The molecule has 9 heteroatoms. The van der Waals surface area contributed by atoms with Crippen LogP contribution < -0.4 is 5.32 Å². The van der Waals surface area contributed by atoms with E-state index in [0.29, 0.717) is 11.3 Å². The number of esters is 1. The van der Waals surface area contributed by atoms with Crippen LogP contribution in [0.15, 0.2) is 30.7 Å². The molecule has 0 spiro atoms. The number of hydrogen-bond donors (Lipinski definition) is 5. The van der Waals surface area contributed by atoms with Gasteiger partial charge in [0, 0.05) is 37.4 Å². The van der Waals surface area contributed by atoms with E-state index in [4.69, 9.17) is 4.74 Å². The Morgan fingerprint density at radius 3 is 2.68 bits per heavy atom. The number of nitrogens with one attached hydrogen (secondary N) is 2. The van der Waals surface area contributed by atoms with E-state index >= 15 is 0 Å². The Morgan fingerprint density at radius 1 is 1.29 bits per heavy atom. The molecule has 0 fully saturated rings. The lowest BCUT2D eigenvalue weighted by Gasteiger charge is -2.19. The third-order valence-electron chi connectivity index (χ3n) is 4.19. The molecule has 2 aromatic rings. The van der Waals surface area contributed by atoms with Gasteiger partial charge in [0.05, 0.1) is 12.9 Å². The molecule has 0 aliphatic heterocycles. The predicted molar refractivity (Wildman–Crippen MR) is 99.5 cm³/mol. The molecule has 1 aromatic carbocycles. The van der Waals surface area contributed by atoms with Gasteiger partial charge in [0.25, 0.3) is 0 Å². The lowest BCUT2D eigenvalue weighted by Crippen LogP contribution is -2.44. The highest BCUT2D eigenvalue weighted by Gasteiger charge is 2.25. The van der Waals surface area contributed by atoms with Crippen molar-refractivity contribution >= 4 is 11.9 Å². The summed E-state index contributed by atoms with van der Waals surface area (Å²) in [5, 5.41) is 31.5. The molecule has 5 N–H and O–H groups in total. The quantitative estimate of drug-likeness (QED) is 0.374. The van der Waals surface area contributed by atoms with Gasteiger partial charge in [-0.3, -0.25) is 4.79 Å². The fourth-order valence-corrected chi connectivity index (χ4v) is 2.80. The maximum absolute atomic E-state index is 12.4. The summed E-state index contributed by atoms with van der Waals surface area (Å²) in [7, 11) is 0. The zero-order chi connectivity index (χ0) is 20.5. The summed E-state index contributed by atoms with van der Waals surface area (Å²) in [5.74, 6) is -1.62. The number of benzene rings is 1. The second-order valence-electron chi connectivity index (χ2n) is 6.42. The summed E-state index contributed by atoms with van der Waals surface area (Å²) in [4.78, 5) is 31.3.